The molecule has 1 aromatic carbocycles. The first-order valence-electron chi connectivity index (χ1n) is 4.75. The second-order valence-electron chi connectivity index (χ2n) is 3.51. The monoisotopic (exact) mass is 255 g/mol. The molecule has 0 heterocycles. The highest BCUT2D eigenvalue weighted by Crippen LogP contribution is 2.13. The van der Waals surface area contributed by atoms with Crippen molar-refractivity contribution in [3.05, 3.63) is 29.8 Å². The van der Waals surface area contributed by atoms with Gasteiger partial charge in [-0.25, -0.2) is 0 Å². The molecule has 6 nitrogen and oxygen atoms in total. The van der Waals surface area contributed by atoms with E-state index in [0.29, 0.717) is 0 Å². The van der Waals surface area contributed by atoms with Crippen molar-refractivity contribution >= 4 is 21.8 Å². The van der Waals surface area contributed by atoms with Crippen LogP contribution in [0.15, 0.2) is 33.6 Å². The van der Waals surface area contributed by atoms with Gasteiger partial charge in [-0.3, -0.25) is 4.79 Å². The molecule has 1 aromatic rings. The second-order valence-corrected chi connectivity index (χ2v) is 5.12. The van der Waals surface area contributed by atoms with Gasteiger partial charge in [0.2, 0.25) is 5.91 Å². The van der Waals surface area contributed by atoms with E-state index < -0.39 is 15.9 Å². The van der Waals surface area contributed by atoms with E-state index in [-0.39, 0.29) is 17.2 Å². The first kappa shape index (κ1) is 13.2. The van der Waals surface area contributed by atoms with Gasteiger partial charge in [0.05, 0.1) is 11.3 Å². The van der Waals surface area contributed by atoms with E-state index in [1.54, 1.807) is 12.1 Å². The maximum Gasteiger partial charge on any atom is 0.283 e. The smallest absolute Gasteiger partial charge is 0.283 e. The molecule has 1 amide bonds. The van der Waals surface area contributed by atoms with Gasteiger partial charge < -0.3 is 11.5 Å². The minimum absolute atomic E-state index is 0.0236. The summed E-state index contributed by atoms with van der Waals surface area (Å²) in [6.45, 7) is 1.83. The van der Waals surface area contributed by atoms with E-state index in [0.717, 1.165) is 5.56 Å². The van der Waals surface area contributed by atoms with Crippen molar-refractivity contribution in [1.29, 1.82) is 0 Å². The highest BCUT2D eigenvalue weighted by atomic mass is 32.2. The molecule has 0 radical (unpaired) electrons. The van der Waals surface area contributed by atoms with Crippen LogP contribution in [0.5, 0.6) is 0 Å². The van der Waals surface area contributed by atoms with Crippen molar-refractivity contribution in [2.75, 3.05) is 0 Å². The molecule has 0 aliphatic heterocycles. The molecule has 0 saturated heterocycles. The molecule has 0 aliphatic rings. The van der Waals surface area contributed by atoms with Crippen molar-refractivity contribution in [3.8, 4) is 0 Å². The number of rotatable bonds is 4. The average Bonchev–Trinajstić information content (AvgIpc) is 2.15. The predicted molar refractivity (Wildman–Crippen MR) is 63.8 cm³/mol. The summed E-state index contributed by atoms with van der Waals surface area (Å²) < 4.78 is 26.7. The molecule has 0 unspecified atom stereocenters. The number of nitrogens with zero attached hydrogens (tertiary/aromatic N) is 1. The molecular formula is C10H13N3O3S. The quantitative estimate of drug-likeness (QED) is 0.578. The third-order valence-corrected chi connectivity index (χ3v) is 3.25. The summed E-state index contributed by atoms with van der Waals surface area (Å²) in [4.78, 5) is 10.6. The van der Waals surface area contributed by atoms with Crippen molar-refractivity contribution in [1.82, 2.24) is 0 Å². The van der Waals surface area contributed by atoms with E-state index >= 15 is 0 Å². The van der Waals surface area contributed by atoms with Crippen LogP contribution in [-0.4, -0.2) is 20.2 Å². The lowest BCUT2D eigenvalue weighted by Crippen LogP contribution is -2.23. The number of primary amides is 1. The van der Waals surface area contributed by atoms with Crippen LogP contribution in [-0.2, 0) is 14.8 Å². The van der Waals surface area contributed by atoms with Gasteiger partial charge in [-0.1, -0.05) is 17.7 Å². The predicted octanol–water partition coefficient (Wildman–Crippen LogP) is -0.0837. The Morgan fingerprint density at radius 3 is 2.24 bits per heavy atom. The Bertz CT molecular complexity index is 547. The van der Waals surface area contributed by atoms with Crippen LogP contribution in [0.2, 0.25) is 0 Å². The number of hydrogen-bond acceptors (Lipinski definition) is 3. The summed E-state index contributed by atoms with van der Waals surface area (Å²) in [7, 11) is -3.87. The number of amidine groups is 1. The molecule has 4 N–H and O–H groups in total. The third-order valence-electron chi connectivity index (χ3n) is 1.91. The summed E-state index contributed by atoms with van der Waals surface area (Å²) in [5.74, 6) is -1.05. The largest absolute Gasteiger partial charge is 0.386 e. The van der Waals surface area contributed by atoms with Crippen LogP contribution in [0.25, 0.3) is 0 Å². The Labute approximate surface area is 99.4 Å². The fourth-order valence-corrected chi connectivity index (χ4v) is 2.09. The fraction of sp³-hybridized carbons (Fsp3) is 0.200. The van der Waals surface area contributed by atoms with Crippen molar-refractivity contribution < 1.29 is 13.2 Å². The van der Waals surface area contributed by atoms with Gasteiger partial charge in [0.15, 0.2) is 0 Å². The third kappa shape index (κ3) is 3.87. The van der Waals surface area contributed by atoms with Crippen LogP contribution >= 0.6 is 0 Å². The number of aryl methyl sites for hydroxylation is 1. The van der Waals surface area contributed by atoms with Gasteiger partial charge in [-0.05, 0) is 19.1 Å². The summed E-state index contributed by atoms with van der Waals surface area (Å²) in [6.07, 6.45) is -0.384. The Morgan fingerprint density at radius 1 is 1.24 bits per heavy atom. The molecule has 92 valence electrons. The summed E-state index contributed by atoms with van der Waals surface area (Å²) in [5, 5.41) is 0. The molecule has 17 heavy (non-hydrogen) atoms. The highest BCUT2D eigenvalue weighted by Gasteiger charge is 2.13. The zero-order valence-corrected chi connectivity index (χ0v) is 10.1. The second kappa shape index (κ2) is 4.96. The maximum atomic E-state index is 11.7. The van der Waals surface area contributed by atoms with E-state index in [1.165, 1.54) is 12.1 Å². The van der Waals surface area contributed by atoms with Crippen molar-refractivity contribution in [2.24, 2.45) is 15.9 Å². The molecule has 0 aliphatic carbocycles. The minimum atomic E-state index is -3.87. The molecular weight excluding hydrogens is 242 g/mol. The molecule has 0 saturated carbocycles. The number of carbonyl (C=O) groups excluding carboxylic acids is 1. The van der Waals surface area contributed by atoms with Crippen LogP contribution in [0, 0.1) is 6.92 Å². The lowest BCUT2D eigenvalue weighted by atomic mass is 10.2. The van der Waals surface area contributed by atoms with Gasteiger partial charge in [-0.15, -0.1) is 4.40 Å². The van der Waals surface area contributed by atoms with Gasteiger partial charge >= 0.3 is 0 Å². The molecule has 0 fully saturated rings. The molecule has 0 spiro atoms. The molecule has 0 atom stereocenters. The van der Waals surface area contributed by atoms with E-state index in [2.05, 4.69) is 4.40 Å². The number of amides is 1. The number of benzene rings is 1. The zero-order valence-electron chi connectivity index (χ0n) is 9.25. The van der Waals surface area contributed by atoms with Crippen LogP contribution in [0.3, 0.4) is 0 Å². The highest BCUT2D eigenvalue weighted by molar-refractivity contribution is 7.90. The Morgan fingerprint density at radius 2 is 1.76 bits per heavy atom. The molecule has 1 rings (SSSR count). The SMILES string of the molecule is Cc1ccc(S(=O)(=O)/N=C(\N)CC(N)=O)cc1. The maximum absolute atomic E-state index is 11.7. The lowest BCUT2D eigenvalue weighted by molar-refractivity contribution is -0.116. The van der Waals surface area contributed by atoms with E-state index in [4.69, 9.17) is 11.5 Å². The van der Waals surface area contributed by atoms with Gasteiger partial charge in [0.25, 0.3) is 10.0 Å². The van der Waals surface area contributed by atoms with Crippen LogP contribution in [0.4, 0.5) is 0 Å². The average molecular weight is 255 g/mol. The number of hydrogen-bond donors (Lipinski definition) is 2. The Balaban J connectivity index is 3.04. The molecule has 7 heteroatoms. The summed E-state index contributed by atoms with van der Waals surface area (Å²) in [6, 6.07) is 6.14. The van der Waals surface area contributed by atoms with E-state index in [9.17, 15) is 13.2 Å². The minimum Gasteiger partial charge on any atom is -0.386 e. The number of carbonyl (C=O) groups is 1. The molecule has 0 aromatic heterocycles. The lowest BCUT2D eigenvalue weighted by Gasteiger charge is -2.01. The summed E-state index contributed by atoms with van der Waals surface area (Å²) in [5.41, 5.74) is 11.1. The zero-order chi connectivity index (χ0) is 13.1. The normalized spacial score (nSPS) is 12.4. The first-order chi connectivity index (χ1) is 7.81. The van der Waals surface area contributed by atoms with Crippen LogP contribution in [0.1, 0.15) is 12.0 Å². The van der Waals surface area contributed by atoms with Gasteiger partial charge in [0.1, 0.15) is 5.84 Å². The van der Waals surface area contributed by atoms with E-state index in [1.807, 2.05) is 6.92 Å². The number of nitrogens with two attached hydrogens (primary N) is 2. The number of sulfonamides is 1. The van der Waals surface area contributed by atoms with Crippen LogP contribution < -0.4 is 11.5 Å². The first-order valence-corrected chi connectivity index (χ1v) is 6.19. The Kier molecular flexibility index (Phi) is 3.84. The fourth-order valence-electron chi connectivity index (χ4n) is 1.13. The van der Waals surface area contributed by atoms with Gasteiger partial charge in [-0.2, -0.15) is 8.42 Å². The Hall–Kier alpha value is -1.89. The summed E-state index contributed by atoms with van der Waals surface area (Å²) >= 11 is 0. The topological polar surface area (TPSA) is 116 Å². The van der Waals surface area contributed by atoms with Crippen molar-refractivity contribution in [3.63, 3.8) is 0 Å². The standard InChI is InChI=1S/C10H13N3O3S/c1-7-2-4-8(5-3-7)17(15,16)13-9(11)6-10(12)14/h2-5H,6H2,1H3,(H2,11,13)(H2,12,14). The van der Waals surface area contributed by atoms with Gasteiger partial charge in [0, 0.05) is 0 Å². The van der Waals surface area contributed by atoms with Crippen molar-refractivity contribution in [2.45, 2.75) is 18.2 Å². The molecule has 0 bridgehead atoms.